The van der Waals surface area contributed by atoms with Crippen LogP contribution in [0.3, 0.4) is 0 Å². The summed E-state index contributed by atoms with van der Waals surface area (Å²) in [5.41, 5.74) is 0.909. The fraction of sp³-hybridized carbons (Fsp3) is 0.440. The van der Waals surface area contributed by atoms with E-state index in [0.717, 1.165) is 36.1 Å². The predicted molar refractivity (Wildman–Crippen MR) is 121 cm³/mol. The lowest BCUT2D eigenvalue weighted by Crippen LogP contribution is -2.37. The summed E-state index contributed by atoms with van der Waals surface area (Å²) >= 11 is 6.34. The lowest BCUT2D eigenvalue weighted by Gasteiger charge is -2.31. The number of halogens is 5. The lowest BCUT2D eigenvalue weighted by atomic mass is 9.96. The quantitative estimate of drug-likeness (QED) is 0.505. The van der Waals surface area contributed by atoms with E-state index >= 15 is 0 Å². The predicted octanol–water partition coefficient (Wildman–Crippen LogP) is 6.14. The van der Waals surface area contributed by atoms with Gasteiger partial charge in [-0.25, -0.2) is 4.39 Å². The molecule has 34 heavy (non-hydrogen) atoms. The number of rotatable bonds is 5. The van der Waals surface area contributed by atoms with E-state index in [0.29, 0.717) is 48.6 Å². The number of carbonyl (C=O) groups excluding carboxylic acids is 2. The maximum Gasteiger partial charge on any atom is 0.419 e. The maximum atomic E-state index is 13.8. The number of nitrogens with one attached hydrogen (secondary N) is 1. The highest BCUT2D eigenvalue weighted by molar-refractivity contribution is 6.34. The first-order valence-electron chi connectivity index (χ1n) is 11.4. The third-order valence-corrected chi connectivity index (χ3v) is 6.93. The number of amides is 2. The summed E-state index contributed by atoms with van der Waals surface area (Å²) in [4.78, 5) is 27.2. The van der Waals surface area contributed by atoms with Crippen LogP contribution in [0, 0.1) is 11.7 Å². The van der Waals surface area contributed by atoms with Gasteiger partial charge in [-0.05, 0) is 60.1 Å². The van der Waals surface area contributed by atoms with Gasteiger partial charge in [0, 0.05) is 19.5 Å². The Balaban J connectivity index is 1.44. The van der Waals surface area contributed by atoms with Crippen molar-refractivity contribution >= 4 is 29.1 Å². The first-order valence-corrected chi connectivity index (χ1v) is 11.7. The number of alkyl halides is 3. The molecule has 1 fully saturated rings. The number of carbonyl (C=O) groups is 2. The normalized spacial score (nSPS) is 16.4. The van der Waals surface area contributed by atoms with E-state index in [2.05, 4.69) is 5.32 Å². The van der Waals surface area contributed by atoms with E-state index in [1.165, 1.54) is 12.8 Å². The SMILES string of the molecule is O=C(Cc1ccc(C(F)(F)F)c(F)c1)Nc1c(Cl)ccc2c1CCN(C(=O)CC1CCCC1)C2. The van der Waals surface area contributed by atoms with E-state index < -0.39 is 23.5 Å². The molecule has 0 bridgehead atoms. The number of benzene rings is 2. The third kappa shape index (κ3) is 5.54. The van der Waals surface area contributed by atoms with E-state index in [1.807, 2.05) is 11.0 Å². The molecule has 1 N–H and O–H groups in total. The van der Waals surface area contributed by atoms with Crippen LogP contribution >= 0.6 is 11.6 Å². The van der Waals surface area contributed by atoms with Gasteiger partial charge in [-0.3, -0.25) is 9.59 Å². The van der Waals surface area contributed by atoms with Gasteiger partial charge in [0.15, 0.2) is 0 Å². The number of hydrogen-bond acceptors (Lipinski definition) is 2. The van der Waals surface area contributed by atoms with E-state index in [4.69, 9.17) is 11.6 Å². The Bertz CT molecular complexity index is 1100. The molecule has 2 aliphatic rings. The molecule has 4 nitrogen and oxygen atoms in total. The summed E-state index contributed by atoms with van der Waals surface area (Å²) in [6.45, 7) is 0.955. The van der Waals surface area contributed by atoms with Crippen molar-refractivity contribution in [2.45, 2.75) is 57.7 Å². The van der Waals surface area contributed by atoms with Gasteiger partial charge >= 0.3 is 6.18 Å². The van der Waals surface area contributed by atoms with Crippen LogP contribution in [0.15, 0.2) is 30.3 Å². The maximum absolute atomic E-state index is 13.8. The Morgan fingerprint density at radius 2 is 1.85 bits per heavy atom. The lowest BCUT2D eigenvalue weighted by molar-refractivity contribution is -0.140. The number of nitrogens with zero attached hydrogens (tertiary/aromatic N) is 1. The van der Waals surface area contributed by atoms with E-state index in [9.17, 15) is 27.2 Å². The van der Waals surface area contributed by atoms with E-state index in [1.54, 1.807) is 6.07 Å². The molecule has 1 aliphatic carbocycles. The third-order valence-electron chi connectivity index (χ3n) is 6.61. The highest BCUT2D eigenvalue weighted by atomic mass is 35.5. The summed E-state index contributed by atoms with van der Waals surface area (Å²) in [6, 6.07) is 5.93. The molecule has 2 aromatic carbocycles. The van der Waals surface area contributed by atoms with Crippen LogP contribution in [-0.4, -0.2) is 23.3 Å². The second-order valence-corrected chi connectivity index (χ2v) is 9.42. The Morgan fingerprint density at radius 3 is 2.53 bits per heavy atom. The van der Waals surface area contributed by atoms with Crippen molar-refractivity contribution in [1.82, 2.24) is 4.90 Å². The topological polar surface area (TPSA) is 49.4 Å². The van der Waals surface area contributed by atoms with E-state index in [-0.39, 0.29) is 17.9 Å². The van der Waals surface area contributed by atoms with Crippen molar-refractivity contribution in [3.63, 3.8) is 0 Å². The summed E-state index contributed by atoms with van der Waals surface area (Å²) in [6.07, 6.45) is 0.556. The molecule has 182 valence electrons. The van der Waals surface area contributed by atoms with Crippen LogP contribution in [0.25, 0.3) is 0 Å². The summed E-state index contributed by atoms with van der Waals surface area (Å²) in [5.74, 6) is -1.34. The first kappa shape index (κ1) is 24.5. The van der Waals surface area contributed by atoms with Crippen LogP contribution in [0.5, 0.6) is 0 Å². The van der Waals surface area contributed by atoms with Crippen molar-refractivity contribution in [1.29, 1.82) is 0 Å². The number of anilines is 1. The van der Waals surface area contributed by atoms with Gasteiger partial charge < -0.3 is 10.2 Å². The zero-order valence-electron chi connectivity index (χ0n) is 18.5. The van der Waals surface area contributed by atoms with Gasteiger partial charge in [-0.15, -0.1) is 0 Å². The van der Waals surface area contributed by atoms with Crippen molar-refractivity contribution in [2.75, 3.05) is 11.9 Å². The van der Waals surface area contributed by atoms with Crippen LogP contribution in [0.1, 0.15) is 54.4 Å². The fourth-order valence-electron chi connectivity index (χ4n) is 4.83. The zero-order valence-corrected chi connectivity index (χ0v) is 19.2. The molecule has 0 spiro atoms. The molecule has 9 heteroatoms. The zero-order chi connectivity index (χ0) is 24.5. The minimum Gasteiger partial charge on any atom is -0.338 e. The molecular weight excluding hydrogens is 472 g/mol. The Labute approximate surface area is 200 Å². The molecular formula is C25H25ClF4N2O2. The Kier molecular flexibility index (Phi) is 7.17. The molecule has 1 aliphatic heterocycles. The van der Waals surface area contributed by atoms with Gasteiger partial charge in [-0.1, -0.05) is 36.6 Å². The molecule has 4 rings (SSSR count). The standard InChI is InChI=1S/C25H25ClF4N2O2/c26-20-8-6-17-14-32(23(34)13-15-3-1-2-4-15)10-9-18(17)24(20)31-22(33)12-16-5-7-19(21(27)11-16)25(28,29)30/h5-8,11,15H,1-4,9-10,12-14H2,(H,31,33). The number of hydrogen-bond donors (Lipinski definition) is 1. The van der Waals surface area contributed by atoms with Crippen molar-refractivity contribution in [3.05, 3.63) is 63.4 Å². The molecule has 0 aromatic heterocycles. The van der Waals surface area contributed by atoms with Crippen LogP contribution in [0.4, 0.5) is 23.2 Å². The largest absolute Gasteiger partial charge is 0.419 e. The van der Waals surface area contributed by atoms with Crippen LogP contribution < -0.4 is 5.32 Å². The van der Waals surface area contributed by atoms with Crippen molar-refractivity contribution in [3.8, 4) is 0 Å². The minimum absolute atomic E-state index is 0.118. The average molecular weight is 497 g/mol. The molecule has 0 radical (unpaired) electrons. The smallest absolute Gasteiger partial charge is 0.338 e. The second kappa shape index (κ2) is 9.94. The molecule has 0 atom stereocenters. The van der Waals surface area contributed by atoms with Gasteiger partial charge in [-0.2, -0.15) is 13.2 Å². The number of fused-ring (bicyclic) bond motifs is 1. The molecule has 1 heterocycles. The molecule has 0 saturated heterocycles. The monoisotopic (exact) mass is 496 g/mol. The minimum atomic E-state index is -4.80. The molecule has 1 saturated carbocycles. The molecule has 2 aromatic rings. The average Bonchev–Trinajstić information content (AvgIpc) is 3.27. The highest BCUT2D eigenvalue weighted by Gasteiger charge is 2.34. The van der Waals surface area contributed by atoms with Gasteiger partial charge in [0.25, 0.3) is 0 Å². The van der Waals surface area contributed by atoms with Crippen LogP contribution in [-0.2, 0) is 35.2 Å². The second-order valence-electron chi connectivity index (χ2n) is 9.02. The summed E-state index contributed by atoms with van der Waals surface area (Å²) in [5, 5.41) is 3.06. The highest BCUT2D eigenvalue weighted by Crippen LogP contribution is 2.35. The Hall–Kier alpha value is -2.61. The Morgan fingerprint density at radius 1 is 1.12 bits per heavy atom. The van der Waals surface area contributed by atoms with Gasteiger partial charge in [0.1, 0.15) is 5.82 Å². The fourth-order valence-corrected chi connectivity index (χ4v) is 5.06. The molecule has 2 amide bonds. The molecule has 0 unspecified atom stereocenters. The van der Waals surface area contributed by atoms with Crippen LogP contribution in [0.2, 0.25) is 5.02 Å². The summed E-state index contributed by atoms with van der Waals surface area (Å²) in [7, 11) is 0. The summed E-state index contributed by atoms with van der Waals surface area (Å²) < 4.78 is 52.1. The van der Waals surface area contributed by atoms with Crippen molar-refractivity contribution < 1.29 is 27.2 Å². The van der Waals surface area contributed by atoms with Gasteiger partial charge in [0.2, 0.25) is 11.8 Å². The van der Waals surface area contributed by atoms with Gasteiger partial charge in [0.05, 0.1) is 22.7 Å². The first-order chi connectivity index (χ1) is 16.1. The van der Waals surface area contributed by atoms with Crippen molar-refractivity contribution in [2.24, 2.45) is 5.92 Å².